The molecule has 2 amide bonds. The van der Waals surface area contributed by atoms with Crippen LogP contribution in [0.4, 0.5) is 10.1 Å². The summed E-state index contributed by atoms with van der Waals surface area (Å²) in [5, 5.41) is 2.54. The van der Waals surface area contributed by atoms with Crippen LogP contribution in [0.15, 0.2) is 22.7 Å². The molecule has 17 heavy (non-hydrogen) atoms. The van der Waals surface area contributed by atoms with E-state index in [1.807, 2.05) is 0 Å². The van der Waals surface area contributed by atoms with E-state index < -0.39 is 11.9 Å². The molecule has 2 rings (SSSR count). The molecule has 1 aliphatic rings. The number of nitrogens with zero attached hydrogens (tertiary/aromatic N) is 1. The van der Waals surface area contributed by atoms with Gasteiger partial charge in [0.25, 0.3) is 0 Å². The van der Waals surface area contributed by atoms with Gasteiger partial charge in [-0.1, -0.05) is 0 Å². The van der Waals surface area contributed by atoms with E-state index in [1.165, 1.54) is 23.1 Å². The van der Waals surface area contributed by atoms with E-state index in [9.17, 15) is 14.0 Å². The first-order chi connectivity index (χ1) is 7.99. The number of benzene rings is 1. The van der Waals surface area contributed by atoms with Crippen molar-refractivity contribution in [3.8, 4) is 0 Å². The monoisotopic (exact) mass is 300 g/mol. The van der Waals surface area contributed by atoms with Gasteiger partial charge in [-0.15, -0.1) is 0 Å². The van der Waals surface area contributed by atoms with Crippen molar-refractivity contribution >= 4 is 33.4 Å². The molecular weight excluding hydrogens is 291 g/mol. The standard InChI is InChI=1S/C11H10BrFN2O2/c1-6-11(17)15(5-10(16)14-6)9-3-2-7(13)4-8(9)12/h2-4,6H,5H2,1H3,(H,14,16). The zero-order chi connectivity index (χ0) is 12.6. The van der Waals surface area contributed by atoms with E-state index in [1.54, 1.807) is 6.92 Å². The molecule has 1 N–H and O–H groups in total. The lowest BCUT2D eigenvalue weighted by molar-refractivity contribution is -0.130. The molecule has 0 aromatic heterocycles. The average Bonchev–Trinajstić information content (AvgIpc) is 2.24. The van der Waals surface area contributed by atoms with Crippen molar-refractivity contribution in [1.29, 1.82) is 0 Å². The van der Waals surface area contributed by atoms with Crippen molar-refractivity contribution in [2.75, 3.05) is 11.4 Å². The summed E-state index contributed by atoms with van der Waals surface area (Å²) in [6, 6.07) is 3.43. The van der Waals surface area contributed by atoms with Crippen LogP contribution in [0.25, 0.3) is 0 Å². The summed E-state index contributed by atoms with van der Waals surface area (Å²) < 4.78 is 13.4. The summed E-state index contributed by atoms with van der Waals surface area (Å²) in [5.74, 6) is -0.840. The van der Waals surface area contributed by atoms with Gasteiger partial charge >= 0.3 is 0 Å². The molecule has 0 aliphatic carbocycles. The maximum absolute atomic E-state index is 13.0. The highest BCUT2D eigenvalue weighted by atomic mass is 79.9. The van der Waals surface area contributed by atoms with Gasteiger partial charge in [0.05, 0.1) is 5.69 Å². The van der Waals surface area contributed by atoms with Gasteiger partial charge in [0.15, 0.2) is 0 Å². The molecule has 1 saturated heterocycles. The third-order valence-electron chi connectivity index (χ3n) is 2.52. The van der Waals surface area contributed by atoms with Crippen LogP contribution in [0.1, 0.15) is 6.92 Å². The average molecular weight is 301 g/mol. The second-order valence-corrected chi connectivity index (χ2v) is 4.66. The van der Waals surface area contributed by atoms with Crippen LogP contribution >= 0.6 is 15.9 Å². The molecule has 1 aliphatic heterocycles. The molecular formula is C11H10BrFN2O2. The molecule has 1 atom stereocenters. The Bertz CT molecular complexity index is 492. The first kappa shape index (κ1) is 12.0. The third-order valence-corrected chi connectivity index (χ3v) is 3.15. The van der Waals surface area contributed by atoms with Gasteiger partial charge in [-0.3, -0.25) is 9.59 Å². The number of carbonyl (C=O) groups is 2. The third kappa shape index (κ3) is 2.31. The van der Waals surface area contributed by atoms with Gasteiger partial charge in [0.1, 0.15) is 18.4 Å². The van der Waals surface area contributed by atoms with Gasteiger partial charge in [-0.25, -0.2) is 4.39 Å². The lowest BCUT2D eigenvalue weighted by atomic mass is 10.2. The second-order valence-electron chi connectivity index (χ2n) is 3.81. The van der Waals surface area contributed by atoms with Gasteiger partial charge in [0.2, 0.25) is 11.8 Å². The maximum Gasteiger partial charge on any atom is 0.249 e. The lowest BCUT2D eigenvalue weighted by Crippen LogP contribution is -2.57. The highest BCUT2D eigenvalue weighted by Gasteiger charge is 2.31. The van der Waals surface area contributed by atoms with Crippen LogP contribution in [0.3, 0.4) is 0 Å². The Labute approximate surface area is 106 Å². The number of halogens is 2. The van der Waals surface area contributed by atoms with Crippen molar-refractivity contribution in [3.63, 3.8) is 0 Å². The second kappa shape index (κ2) is 4.44. The van der Waals surface area contributed by atoms with Crippen LogP contribution in [-0.4, -0.2) is 24.4 Å². The van der Waals surface area contributed by atoms with Crippen molar-refractivity contribution in [2.24, 2.45) is 0 Å². The summed E-state index contributed by atoms with van der Waals surface area (Å²) in [7, 11) is 0. The Balaban J connectivity index is 2.38. The number of hydrogen-bond donors (Lipinski definition) is 1. The van der Waals surface area contributed by atoms with Crippen molar-refractivity contribution in [2.45, 2.75) is 13.0 Å². The summed E-state index contributed by atoms with van der Waals surface area (Å²) >= 11 is 3.18. The van der Waals surface area contributed by atoms with E-state index in [2.05, 4.69) is 21.2 Å². The molecule has 1 aromatic rings. The van der Waals surface area contributed by atoms with Gasteiger partial charge in [-0.2, -0.15) is 0 Å². The molecule has 4 nitrogen and oxygen atoms in total. The minimum Gasteiger partial charge on any atom is -0.343 e. The van der Waals surface area contributed by atoms with Gasteiger partial charge in [-0.05, 0) is 41.1 Å². The topological polar surface area (TPSA) is 49.4 Å². The van der Waals surface area contributed by atoms with Crippen molar-refractivity contribution in [3.05, 3.63) is 28.5 Å². The predicted molar refractivity (Wildman–Crippen MR) is 64.1 cm³/mol. The largest absolute Gasteiger partial charge is 0.343 e. The van der Waals surface area contributed by atoms with Crippen LogP contribution in [0.2, 0.25) is 0 Å². The lowest BCUT2D eigenvalue weighted by Gasteiger charge is -2.31. The van der Waals surface area contributed by atoms with E-state index in [4.69, 9.17) is 0 Å². The Hall–Kier alpha value is -1.43. The number of anilines is 1. The molecule has 0 bridgehead atoms. The molecule has 0 spiro atoms. The van der Waals surface area contributed by atoms with E-state index >= 15 is 0 Å². The number of nitrogens with one attached hydrogen (secondary N) is 1. The zero-order valence-electron chi connectivity index (χ0n) is 9.04. The van der Waals surface area contributed by atoms with Crippen LogP contribution in [-0.2, 0) is 9.59 Å². The van der Waals surface area contributed by atoms with Crippen LogP contribution in [0, 0.1) is 5.82 Å². The molecule has 1 heterocycles. The molecule has 1 aromatic carbocycles. The normalized spacial score (nSPS) is 20.4. The number of amides is 2. The van der Waals surface area contributed by atoms with Crippen molar-refractivity contribution < 1.29 is 14.0 Å². The fourth-order valence-corrected chi connectivity index (χ4v) is 2.27. The molecule has 0 saturated carbocycles. The minimum absolute atomic E-state index is 0.0482. The summed E-state index contributed by atoms with van der Waals surface area (Å²) in [6.45, 7) is 1.57. The first-order valence-electron chi connectivity index (χ1n) is 5.05. The van der Waals surface area contributed by atoms with E-state index in [-0.39, 0.29) is 18.4 Å². The first-order valence-corrected chi connectivity index (χ1v) is 5.84. The SMILES string of the molecule is CC1NC(=O)CN(c2ccc(F)cc2Br)C1=O. The fraction of sp³-hybridized carbons (Fsp3) is 0.273. The number of carbonyl (C=O) groups excluding carboxylic acids is 2. The van der Waals surface area contributed by atoms with E-state index in [0.717, 1.165) is 0 Å². The number of piperazine rings is 1. The van der Waals surface area contributed by atoms with Gasteiger partial charge < -0.3 is 10.2 Å². The summed E-state index contributed by atoms with van der Waals surface area (Å²) in [6.07, 6.45) is 0. The van der Waals surface area contributed by atoms with Crippen LogP contribution in [0.5, 0.6) is 0 Å². The predicted octanol–water partition coefficient (Wildman–Crippen LogP) is 1.44. The summed E-state index contributed by atoms with van der Waals surface area (Å²) in [5.41, 5.74) is 0.498. The van der Waals surface area contributed by atoms with Crippen LogP contribution < -0.4 is 10.2 Å². The highest BCUT2D eigenvalue weighted by Crippen LogP contribution is 2.28. The Kier molecular flexibility index (Phi) is 3.15. The number of hydrogen-bond acceptors (Lipinski definition) is 2. The Morgan fingerprint density at radius 2 is 2.18 bits per heavy atom. The quantitative estimate of drug-likeness (QED) is 0.853. The zero-order valence-corrected chi connectivity index (χ0v) is 10.6. The smallest absolute Gasteiger partial charge is 0.249 e. The molecule has 0 radical (unpaired) electrons. The van der Waals surface area contributed by atoms with Crippen molar-refractivity contribution in [1.82, 2.24) is 5.32 Å². The van der Waals surface area contributed by atoms with Gasteiger partial charge in [0, 0.05) is 4.47 Å². The fourth-order valence-electron chi connectivity index (χ4n) is 1.71. The summed E-state index contributed by atoms with van der Waals surface area (Å²) in [4.78, 5) is 24.6. The molecule has 1 unspecified atom stereocenters. The Morgan fingerprint density at radius 1 is 1.47 bits per heavy atom. The minimum atomic E-state index is -0.562. The molecule has 1 fully saturated rings. The Morgan fingerprint density at radius 3 is 2.82 bits per heavy atom. The van der Waals surface area contributed by atoms with E-state index in [0.29, 0.717) is 10.2 Å². The highest BCUT2D eigenvalue weighted by molar-refractivity contribution is 9.10. The molecule has 90 valence electrons. The maximum atomic E-state index is 13.0. The number of rotatable bonds is 1. The molecule has 6 heteroatoms.